The monoisotopic (exact) mass is 393 g/mol. The van der Waals surface area contributed by atoms with Crippen molar-refractivity contribution in [1.29, 1.82) is 0 Å². The summed E-state index contributed by atoms with van der Waals surface area (Å²) in [6.45, 7) is 0. The van der Waals surface area contributed by atoms with Gasteiger partial charge >= 0.3 is 5.76 Å². The second kappa shape index (κ2) is 7.16. The van der Waals surface area contributed by atoms with E-state index in [2.05, 4.69) is 15.8 Å². The largest absolute Gasteiger partial charge is 0.360 e. The molecule has 1 aromatic heterocycles. The zero-order chi connectivity index (χ0) is 19.6. The number of sulfone groups is 1. The number of benzene rings is 2. The van der Waals surface area contributed by atoms with E-state index in [0.717, 1.165) is 29.8 Å². The molecule has 0 atom stereocenters. The highest BCUT2D eigenvalue weighted by Crippen LogP contribution is 2.19. The molecule has 0 unspecified atom stereocenters. The van der Waals surface area contributed by atoms with Crippen LogP contribution in [0.5, 0.6) is 0 Å². The molecule has 7 nitrogen and oxygen atoms in total. The van der Waals surface area contributed by atoms with Crippen LogP contribution in [0.3, 0.4) is 0 Å². The maximum absolute atomic E-state index is 12.5. The van der Waals surface area contributed by atoms with E-state index in [9.17, 15) is 26.8 Å². The number of amides is 2. The molecule has 1 heterocycles. The minimum Gasteiger partial charge on any atom is -0.360 e. The zero-order valence-electron chi connectivity index (χ0n) is 13.6. The molecule has 0 spiro atoms. The molecule has 0 fully saturated rings. The zero-order valence-corrected chi connectivity index (χ0v) is 14.4. The lowest BCUT2D eigenvalue weighted by atomic mass is 10.2. The number of alkyl halides is 2. The smallest absolute Gasteiger partial charge is 0.341 e. The van der Waals surface area contributed by atoms with Crippen molar-refractivity contribution in [3.8, 4) is 0 Å². The van der Waals surface area contributed by atoms with Crippen LogP contribution in [0.1, 0.15) is 20.7 Å². The van der Waals surface area contributed by atoms with Gasteiger partial charge in [-0.25, -0.2) is 8.42 Å². The number of hydrogen-bond acceptors (Lipinski definition) is 4. The van der Waals surface area contributed by atoms with Crippen molar-refractivity contribution in [2.24, 2.45) is 0 Å². The minimum atomic E-state index is -4.73. The number of carbonyl (C=O) groups excluding carboxylic acids is 2. The van der Waals surface area contributed by atoms with Gasteiger partial charge in [-0.1, -0.05) is 18.2 Å². The van der Waals surface area contributed by atoms with Crippen LogP contribution in [0.15, 0.2) is 59.6 Å². The number of rotatable bonds is 4. The molecule has 2 aromatic carbocycles. The topological polar surface area (TPSA) is 108 Å². The highest BCUT2D eigenvalue weighted by Gasteiger charge is 2.26. The first-order chi connectivity index (χ1) is 12.8. The van der Waals surface area contributed by atoms with Crippen LogP contribution in [0.25, 0.3) is 10.9 Å². The van der Waals surface area contributed by atoms with E-state index in [1.807, 2.05) is 0 Å². The highest BCUT2D eigenvalue weighted by atomic mass is 32.2. The van der Waals surface area contributed by atoms with Gasteiger partial charge in [0.1, 0.15) is 0 Å². The van der Waals surface area contributed by atoms with Gasteiger partial charge in [-0.2, -0.15) is 8.78 Å². The first kappa shape index (κ1) is 18.5. The van der Waals surface area contributed by atoms with Gasteiger partial charge in [-0.05, 0) is 30.3 Å². The van der Waals surface area contributed by atoms with Crippen molar-refractivity contribution in [2.45, 2.75) is 10.7 Å². The Kier molecular flexibility index (Phi) is 4.91. The molecule has 0 saturated carbocycles. The van der Waals surface area contributed by atoms with Crippen molar-refractivity contribution in [2.75, 3.05) is 0 Å². The van der Waals surface area contributed by atoms with Gasteiger partial charge in [0, 0.05) is 22.7 Å². The van der Waals surface area contributed by atoms with Crippen molar-refractivity contribution in [3.05, 3.63) is 65.9 Å². The van der Waals surface area contributed by atoms with Gasteiger partial charge in [0.2, 0.25) is 9.84 Å². The van der Waals surface area contributed by atoms with Gasteiger partial charge in [0.25, 0.3) is 11.8 Å². The Labute approximate surface area is 152 Å². The fourth-order valence-corrected chi connectivity index (χ4v) is 3.13. The number of para-hydroxylation sites is 1. The standard InChI is InChI=1S/C17H13F2N3O4S/c18-17(19)27(25,26)11-7-5-10(6-8-11)15(23)21-22-16(24)13-9-20-14-4-2-1-3-12(13)14/h1-9,17,20H,(H,21,23)(H,22,24). The first-order valence-corrected chi connectivity index (χ1v) is 9.14. The maximum atomic E-state index is 12.5. The lowest BCUT2D eigenvalue weighted by Gasteiger charge is -2.08. The van der Waals surface area contributed by atoms with Crippen molar-refractivity contribution < 1.29 is 26.8 Å². The predicted molar refractivity (Wildman–Crippen MR) is 92.9 cm³/mol. The summed E-state index contributed by atoms with van der Waals surface area (Å²) in [6.07, 6.45) is 1.50. The SMILES string of the molecule is O=C(NNC(=O)c1c[nH]c2ccccc12)c1ccc(S(=O)(=O)C(F)F)cc1. The molecule has 0 saturated heterocycles. The summed E-state index contributed by atoms with van der Waals surface area (Å²) in [4.78, 5) is 26.6. The normalized spacial score (nSPS) is 11.5. The molecule has 0 aliphatic heterocycles. The fourth-order valence-electron chi connectivity index (χ4n) is 2.41. The molecule has 140 valence electrons. The molecule has 3 aromatic rings. The van der Waals surface area contributed by atoms with Crippen LogP contribution in [-0.4, -0.2) is 31.0 Å². The molecular formula is C17H13F2N3O4S. The quantitative estimate of drug-likeness (QED) is 0.591. The van der Waals surface area contributed by atoms with E-state index in [1.165, 1.54) is 6.20 Å². The van der Waals surface area contributed by atoms with Crippen LogP contribution in [0, 0.1) is 0 Å². The van der Waals surface area contributed by atoms with Crippen molar-refractivity contribution in [3.63, 3.8) is 0 Å². The number of aromatic nitrogens is 1. The third kappa shape index (κ3) is 3.65. The summed E-state index contributed by atoms with van der Waals surface area (Å²) in [5, 5.41) is 0.672. The van der Waals surface area contributed by atoms with Crippen LogP contribution in [-0.2, 0) is 9.84 Å². The molecule has 0 radical (unpaired) electrons. The van der Waals surface area contributed by atoms with Gasteiger partial charge < -0.3 is 4.98 Å². The Bertz CT molecular complexity index is 1110. The highest BCUT2D eigenvalue weighted by molar-refractivity contribution is 7.91. The molecule has 0 aliphatic rings. The van der Waals surface area contributed by atoms with Crippen LogP contribution in [0.4, 0.5) is 8.78 Å². The van der Waals surface area contributed by atoms with Gasteiger partial charge in [0.15, 0.2) is 0 Å². The Balaban J connectivity index is 1.68. The maximum Gasteiger partial charge on any atom is 0.341 e. The number of hydrazine groups is 1. The number of aromatic amines is 1. The number of nitrogens with one attached hydrogen (secondary N) is 3. The van der Waals surface area contributed by atoms with E-state index >= 15 is 0 Å². The average molecular weight is 393 g/mol. The number of carbonyl (C=O) groups is 2. The lowest BCUT2D eigenvalue weighted by molar-refractivity contribution is 0.0847. The number of H-pyrrole nitrogens is 1. The number of halogens is 2. The van der Waals surface area contributed by atoms with Crippen LogP contribution >= 0.6 is 0 Å². The molecule has 3 rings (SSSR count). The van der Waals surface area contributed by atoms with E-state index < -0.39 is 32.3 Å². The first-order valence-electron chi connectivity index (χ1n) is 7.59. The second-order valence-electron chi connectivity index (χ2n) is 5.49. The summed E-state index contributed by atoms with van der Waals surface area (Å²) >= 11 is 0. The fraction of sp³-hybridized carbons (Fsp3) is 0.0588. The molecule has 0 aliphatic carbocycles. The van der Waals surface area contributed by atoms with Gasteiger partial charge in [-0.3, -0.25) is 20.4 Å². The Morgan fingerprint density at radius 3 is 2.22 bits per heavy atom. The van der Waals surface area contributed by atoms with Gasteiger partial charge in [-0.15, -0.1) is 0 Å². The number of fused-ring (bicyclic) bond motifs is 1. The van der Waals surface area contributed by atoms with E-state index in [-0.39, 0.29) is 5.56 Å². The van der Waals surface area contributed by atoms with Crippen LogP contribution in [0.2, 0.25) is 0 Å². The Hall–Kier alpha value is -3.27. The van der Waals surface area contributed by atoms with E-state index in [4.69, 9.17) is 0 Å². The lowest BCUT2D eigenvalue weighted by Crippen LogP contribution is -2.41. The van der Waals surface area contributed by atoms with Crippen molar-refractivity contribution >= 4 is 32.6 Å². The summed E-state index contributed by atoms with van der Waals surface area (Å²) in [7, 11) is -4.73. The van der Waals surface area contributed by atoms with Crippen molar-refractivity contribution in [1.82, 2.24) is 15.8 Å². The number of hydrogen-bond donors (Lipinski definition) is 3. The molecule has 10 heteroatoms. The summed E-state index contributed by atoms with van der Waals surface area (Å²) < 4.78 is 47.7. The summed E-state index contributed by atoms with van der Waals surface area (Å²) in [5.41, 5.74) is 5.49. The molecule has 27 heavy (non-hydrogen) atoms. The molecular weight excluding hydrogens is 380 g/mol. The van der Waals surface area contributed by atoms with E-state index in [0.29, 0.717) is 10.9 Å². The summed E-state index contributed by atoms with van der Waals surface area (Å²) in [6, 6.07) is 11.0. The predicted octanol–water partition coefficient (Wildman–Crippen LogP) is 2.24. The Morgan fingerprint density at radius 2 is 1.56 bits per heavy atom. The third-order valence-corrected chi connectivity index (χ3v) is 5.20. The molecule has 3 N–H and O–H groups in total. The average Bonchev–Trinajstić information content (AvgIpc) is 3.10. The summed E-state index contributed by atoms with van der Waals surface area (Å²) in [5.74, 6) is -4.84. The third-order valence-electron chi connectivity index (χ3n) is 3.80. The van der Waals surface area contributed by atoms with Gasteiger partial charge in [0.05, 0.1) is 10.5 Å². The van der Waals surface area contributed by atoms with Crippen LogP contribution < -0.4 is 10.9 Å². The van der Waals surface area contributed by atoms with E-state index in [1.54, 1.807) is 24.3 Å². The minimum absolute atomic E-state index is 0.0116. The second-order valence-corrected chi connectivity index (χ2v) is 7.40. The molecule has 0 bridgehead atoms. The molecule has 2 amide bonds. The Morgan fingerprint density at radius 1 is 0.926 bits per heavy atom.